The lowest BCUT2D eigenvalue weighted by Gasteiger charge is -2.55. The molecule has 21 heavy (non-hydrogen) atoms. The molecule has 3 rings (SSSR count). The van der Waals surface area contributed by atoms with E-state index in [1.165, 1.54) is 0 Å². The van der Waals surface area contributed by atoms with E-state index in [1.54, 1.807) is 0 Å². The number of ketones is 2. The Morgan fingerprint density at radius 1 is 1.29 bits per heavy atom. The minimum atomic E-state index is -0.332. The van der Waals surface area contributed by atoms with Crippen molar-refractivity contribution >= 4 is 11.6 Å². The maximum Gasteiger partial charge on any atom is 0.176 e. The van der Waals surface area contributed by atoms with Gasteiger partial charge in [0.15, 0.2) is 11.6 Å². The molecule has 110 valence electrons. The zero-order valence-electron chi connectivity index (χ0n) is 12.9. The third-order valence-corrected chi connectivity index (χ3v) is 6.08. The van der Waals surface area contributed by atoms with Gasteiger partial charge in [-0.25, -0.2) is 0 Å². The Morgan fingerprint density at radius 3 is 2.67 bits per heavy atom. The molecular formula is C18H21NO2. The molecule has 1 fully saturated rings. The standard InChI is InChI=1S/C18H21NO2/c1-11-14-5-7-17(2)6-4-13(20)8-15(17)18(14,3)9-12(10-19)16(11)21/h8-9,11,14H,4-7H2,1-3H3/t11?,14?,17-,18+/m1/s1. The van der Waals surface area contributed by atoms with Gasteiger partial charge in [-0.1, -0.05) is 32.4 Å². The first-order valence-corrected chi connectivity index (χ1v) is 7.74. The first kappa shape index (κ1) is 14.3. The number of allylic oxidation sites excluding steroid dienone is 4. The van der Waals surface area contributed by atoms with Crippen molar-refractivity contribution in [3.63, 3.8) is 0 Å². The average molecular weight is 283 g/mol. The summed E-state index contributed by atoms with van der Waals surface area (Å²) in [5, 5.41) is 9.27. The normalized spacial score (nSPS) is 42.4. The summed E-state index contributed by atoms with van der Waals surface area (Å²) < 4.78 is 0. The largest absolute Gasteiger partial charge is 0.295 e. The van der Waals surface area contributed by atoms with Crippen LogP contribution in [0.3, 0.4) is 0 Å². The lowest BCUT2D eigenvalue weighted by Crippen LogP contribution is -2.49. The number of nitriles is 1. The van der Waals surface area contributed by atoms with E-state index < -0.39 is 0 Å². The highest BCUT2D eigenvalue weighted by molar-refractivity contribution is 6.02. The summed E-state index contributed by atoms with van der Waals surface area (Å²) in [4.78, 5) is 24.2. The van der Waals surface area contributed by atoms with Gasteiger partial charge >= 0.3 is 0 Å². The zero-order chi connectivity index (χ0) is 15.4. The van der Waals surface area contributed by atoms with Crippen molar-refractivity contribution in [2.24, 2.45) is 22.7 Å². The Morgan fingerprint density at radius 2 is 2.00 bits per heavy atom. The number of fused-ring (bicyclic) bond motifs is 3. The Balaban J connectivity index is 2.20. The van der Waals surface area contributed by atoms with Crippen molar-refractivity contribution in [2.75, 3.05) is 0 Å². The smallest absolute Gasteiger partial charge is 0.176 e. The summed E-state index contributed by atoms with van der Waals surface area (Å²) in [6.45, 7) is 6.27. The van der Waals surface area contributed by atoms with Crippen molar-refractivity contribution < 1.29 is 9.59 Å². The Bertz CT molecular complexity index is 636. The highest BCUT2D eigenvalue weighted by Crippen LogP contribution is 2.61. The molecule has 0 bridgehead atoms. The second-order valence-corrected chi connectivity index (χ2v) is 7.34. The minimum absolute atomic E-state index is 0.0358. The molecule has 0 N–H and O–H groups in total. The Labute approximate surface area is 125 Å². The summed E-state index contributed by atoms with van der Waals surface area (Å²) in [6, 6.07) is 2.06. The van der Waals surface area contributed by atoms with Crippen LogP contribution in [-0.2, 0) is 9.59 Å². The van der Waals surface area contributed by atoms with E-state index in [2.05, 4.69) is 19.9 Å². The summed E-state index contributed by atoms with van der Waals surface area (Å²) in [5.74, 6) is 0.205. The van der Waals surface area contributed by atoms with Crippen LogP contribution in [0.25, 0.3) is 0 Å². The summed E-state index contributed by atoms with van der Waals surface area (Å²) >= 11 is 0. The van der Waals surface area contributed by atoms with Gasteiger partial charge in [-0.2, -0.15) is 5.26 Å². The van der Waals surface area contributed by atoms with E-state index in [4.69, 9.17) is 0 Å². The van der Waals surface area contributed by atoms with Gasteiger partial charge in [-0.15, -0.1) is 0 Å². The second kappa shape index (κ2) is 4.40. The molecule has 3 aliphatic rings. The van der Waals surface area contributed by atoms with E-state index in [0.717, 1.165) is 24.8 Å². The van der Waals surface area contributed by atoms with E-state index in [0.29, 0.717) is 6.42 Å². The zero-order valence-corrected chi connectivity index (χ0v) is 12.9. The van der Waals surface area contributed by atoms with Gasteiger partial charge in [-0.05, 0) is 36.7 Å². The van der Waals surface area contributed by atoms with Crippen LogP contribution in [0.4, 0.5) is 0 Å². The monoisotopic (exact) mass is 283 g/mol. The molecule has 0 aromatic heterocycles. The molecular weight excluding hydrogens is 262 g/mol. The summed E-state index contributed by atoms with van der Waals surface area (Å²) in [6.07, 6.45) is 7.17. The number of Topliss-reactive ketones (excluding diaryl/α,β-unsaturated/α-hetero) is 1. The van der Waals surface area contributed by atoms with Crippen LogP contribution in [0.5, 0.6) is 0 Å². The van der Waals surface area contributed by atoms with E-state index in [9.17, 15) is 14.9 Å². The fourth-order valence-corrected chi connectivity index (χ4v) is 4.82. The summed E-state index contributed by atoms with van der Waals surface area (Å²) in [5.41, 5.74) is 1.12. The average Bonchev–Trinajstić information content (AvgIpc) is 2.45. The number of rotatable bonds is 0. The number of carbonyl (C=O) groups is 2. The van der Waals surface area contributed by atoms with Gasteiger partial charge in [-0.3, -0.25) is 9.59 Å². The van der Waals surface area contributed by atoms with Gasteiger partial charge in [0.25, 0.3) is 0 Å². The highest BCUT2D eigenvalue weighted by atomic mass is 16.1. The fraction of sp³-hybridized carbons (Fsp3) is 0.611. The summed E-state index contributed by atoms with van der Waals surface area (Å²) in [7, 11) is 0. The van der Waals surface area contributed by atoms with Crippen LogP contribution < -0.4 is 0 Å². The second-order valence-electron chi connectivity index (χ2n) is 7.34. The molecule has 3 aliphatic carbocycles. The number of carbonyl (C=O) groups excluding carboxylic acids is 2. The van der Waals surface area contributed by atoms with Crippen LogP contribution in [0.1, 0.15) is 46.5 Å². The van der Waals surface area contributed by atoms with Gasteiger partial charge in [0.2, 0.25) is 0 Å². The van der Waals surface area contributed by atoms with Crippen LogP contribution in [0, 0.1) is 34.0 Å². The quantitative estimate of drug-likeness (QED) is 0.685. The highest BCUT2D eigenvalue weighted by Gasteiger charge is 2.54. The molecule has 0 aliphatic heterocycles. The number of hydrogen-bond donors (Lipinski definition) is 0. The van der Waals surface area contributed by atoms with Crippen LogP contribution in [-0.4, -0.2) is 11.6 Å². The predicted molar refractivity (Wildman–Crippen MR) is 79.1 cm³/mol. The Hall–Kier alpha value is -1.69. The topological polar surface area (TPSA) is 57.9 Å². The van der Waals surface area contributed by atoms with Gasteiger partial charge in [0, 0.05) is 17.8 Å². The minimum Gasteiger partial charge on any atom is -0.295 e. The molecule has 0 amide bonds. The molecule has 0 aromatic carbocycles. The first-order chi connectivity index (χ1) is 9.82. The van der Waals surface area contributed by atoms with Gasteiger partial charge < -0.3 is 0 Å². The third kappa shape index (κ3) is 1.85. The van der Waals surface area contributed by atoms with Crippen LogP contribution in [0.2, 0.25) is 0 Å². The number of hydrogen-bond acceptors (Lipinski definition) is 3. The van der Waals surface area contributed by atoms with E-state index in [1.807, 2.05) is 19.1 Å². The SMILES string of the molecule is CC1C(=O)C(C#N)=C[C@]2(C)C3=CC(=O)CC[C@]3(C)CCC12. The molecule has 0 radical (unpaired) electrons. The third-order valence-electron chi connectivity index (χ3n) is 6.08. The van der Waals surface area contributed by atoms with Gasteiger partial charge in [0.05, 0.1) is 5.57 Å². The van der Waals surface area contributed by atoms with Crippen LogP contribution in [0.15, 0.2) is 23.3 Å². The maximum atomic E-state index is 12.3. The fourth-order valence-electron chi connectivity index (χ4n) is 4.82. The molecule has 0 spiro atoms. The van der Waals surface area contributed by atoms with Crippen molar-refractivity contribution in [2.45, 2.75) is 46.5 Å². The molecule has 0 heterocycles. The lowest BCUT2D eigenvalue weighted by molar-refractivity contribution is -0.123. The molecule has 1 saturated carbocycles. The van der Waals surface area contributed by atoms with Gasteiger partial charge in [0.1, 0.15) is 6.07 Å². The molecule has 0 saturated heterocycles. The maximum absolute atomic E-state index is 12.3. The van der Waals surface area contributed by atoms with Crippen LogP contribution >= 0.6 is 0 Å². The van der Waals surface area contributed by atoms with Crippen molar-refractivity contribution in [1.82, 2.24) is 0 Å². The molecule has 0 aromatic rings. The molecule has 3 heteroatoms. The lowest BCUT2D eigenvalue weighted by atomic mass is 9.48. The molecule has 2 unspecified atom stereocenters. The Kier molecular flexibility index (Phi) is 2.99. The predicted octanol–water partition coefficient (Wildman–Crippen LogP) is 3.37. The van der Waals surface area contributed by atoms with E-state index in [-0.39, 0.29) is 39.8 Å². The molecule has 4 atom stereocenters. The van der Waals surface area contributed by atoms with Crippen molar-refractivity contribution in [3.05, 3.63) is 23.3 Å². The van der Waals surface area contributed by atoms with E-state index >= 15 is 0 Å². The molecule has 3 nitrogen and oxygen atoms in total. The first-order valence-electron chi connectivity index (χ1n) is 7.74. The van der Waals surface area contributed by atoms with Crippen molar-refractivity contribution in [1.29, 1.82) is 5.26 Å². The number of nitrogens with zero attached hydrogens (tertiary/aromatic N) is 1. The van der Waals surface area contributed by atoms with Crippen molar-refractivity contribution in [3.8, 4) is 6.07 Å².